The third kappa shape index (κ3) is 5.75. The molecule has 2 heteroatoms. The van der Waals surface area contributed by atoms with E-state index >= 15 is 0 Å². The molecule has 0 aliphatic heterocycles. The molecule has 0 spiro atoms. The predicted molar refractivity (Wildman–Crippen MR) is 200 cm³/mol. The van der Waals surface area contributed by atoms with Crippen molar-refractivity contribution in [3.63, 3.8) is 0 Å². The van der Waals surface area contributed by atoms with E-state index in [-0.39, 0.29) is 0 Å². The molecule has 0 saturated heterocycles. The zero-order valence-electron chi connectivity index (χ0n) is 28.2. The van der Waals surface area contributed by atoms with Crippen molar-refractivity contribution in [3.05, 3.63) is 119 Å². The molecule has 2 heterocycles. The standard InChI is InChI=1S/C44H48N2/c1-5-7-9-11-13-33-17-21-35(22-18-33)45-41-25-15-31(3)27-37(41)39-30-44-40(29-43(39)45)38-28-32(4)16-26-42(38)46(44)36-23-19-34(20-24-36)14-12-10-8-6-2/h15-30H,5-14H2,1-4H3. The Hall–Kier alpha value is -4.30. The first kappa shape index (κ1) is 30.4. The van der Waals surface area contributed by atoms with Crippen LogP contribution in [0.5, 0.6) is 0 Å². The molecule has 0 saturated carbocycles. The number of rotatable bonds is 12. The molecular weight excluding hydrogens is 556 g/mol. The zero-order chi connectivity index (χ0) is 31.6. The topological polar surface area (TPSA) is 9.86 Å². The van der Waals surface area contributed by atoms with E-state index in [4.69, 9.17) is 0 Å². The minimum atomic E-state index is 1.16. The number of aromatic nitrogens is 2. The summed E-state index contributed by atoms with van der Waals surface area (Å²) >= 11 is 0. The van der Waals surface area contributed by atoms with Crippen molar-refractivity contribution >= 4 is 43.6 Å². The third-order valence-corrected chi connectivity index (χ3v) is 9.99. The molecule has 7 rings (SSSR count). The Labute approximate surface area is 274 Å². The van der Waals surface area contributed by atoms with E-state index < -0.39 is 0 Å². The Morgan fingerprint density at radius 1 is 0.391 bits per heavy atom. The zero-order valence-corrected chi connectivity index (χ0v) is 28.2. The van der Waals surface area contributed by atoms with Crippen LogP contribution in [0.15, 0.2) is 97.1 Å². The molecule has 5 aromatic carbocycles. The molecule has 0 atom stereocenters. The maximum absolute atomic E-state index is 2.48. The highest BCUT2D eigenvalue weighted by molar-refractivity contribution is 6.19. The Morgan fingerprint density at radius 2 is 0.783 bits per heavy atom. The number of benzene rings is 5. The normalized spacial score (nSPS) is 11.9. The smallest absolute Gasteiger partial charge is 0.0548 e. The van der Waals surface area contributed by atoms with Crippen LogP contribution in [0.1, 0.15) is 87.5 Å². The Kier molecular flexibility index (Phi) is 8.71. The summed E-state index contributed by atoms with van der Waals surface area (Å²) in [5, 5.41) is 5.25. The fourth-order valence-corrected chi connectivity index (χ4v) is 7.45. The second-order valence-corrected chi connectivity index (χ2v) is 13.6. The lowest BCUT2D eigenvalue weighted by Crippen LogP contribution is -1.96. The first-order chi connectivity index (χ1) is 22.6. The van der Waals surface area contributed by atoms with Crippen LogP contribution in [0.2, 0.25) is 0 Å². The lowest BCUT2D eigenvalue weighted by molar-refractivity contribution is 0.667. The number of hydrogen-bond donors (Lipinski definition) is 0. The molecule has 46 heavy (non-hydrogen) atoms. The van der Waals surface area contributed by atoms with Crippen molar-refractivity contribution in [1.29, 1.82) is 0 Å². The van der Waals surface area contributed by atoms with Gasteiger partial charge in [-0.2, -0.15) is 0 Å². The lowest BCUT2D eigenvalue weighted by atomic mass is 10.1. The summed E-state index contributed by atoms with van der Waals surface area (Å²) in [6.45, 7) is 8.97. The van der Waals surface area contributed by atoms with Gasteiger partial charge < -0.3 is 9.13 Å². The van der Waals surface area contributed by atoms with E-state index in [1.165, 1.54) is 129 Å². The van der Waals surface area contributed by atoms with E-state index in [2.05, 4.69) is 134 Å². The van der Waals surface area contributed by atoms with Gasteiger partial charge in [-0.3, -0.25) is 0 Å². The minimum absolute atomic E-state index is 1.16. The molecule has 2 aromatic heterocycles. The maximum Gasteiger partial charge on any atom is 0.0548 e. The van der Waals surface area contributed by atoms with Crippen LogP contribution < -0.4 is 0 Å². The van der Waals surface area contributed by atoms with Crippen molar-refractivity contribution < 1.29 is 0 Å². The van der Waals surface area contributed by atoms with Gasteiger partial charge in [0.15, 0.2) is 0 Å². The second kappa shape index (κ2) is 13.2. The number of hydrogen-bond acceptors (Lipinski definition) is 0. The van der Waals surface area contributed by atoms with Crippen LogP contribution in [0, 0.1) is 13.8 Å². The molecule has 0 aliphatic carbocycles. The van der Waals surface area contributed by atoms with Crippen molar-refractivity contribution in [2.45, 2.75) is 91.9 Å². The Bertz CT molecular complexity index is 1960. The highest BCUT2D eigenvalue weighted by Gasteiger charge is 2.19. The molecule has 0 amide bonds. The molecule has 2 nitrogen and oxygen atoms in total. The van der Waals surface area contributed by atoms with Gasteiger partial charge in [0.05, 0.1) is 22.1 Å². The van der Waals surface area contributed by atoms with Crippen LogP contribution in [0.3, 0.4) is 0 Å². The summed E-state index contributed by atoms with van der Waals surface area (Å²) in [5.74, 6) is 0. The van der Waals surface area contributed by atoms with Gasteiger partial charge in [0.2, 0.25) is 0 Å². The number of nitrogens with zero attached hydrogens (tertiary/aromatic N) is 2. The van der Waals surface area contributed by atoms with Gasteiger partial charge >= 0.3 is 0 Å². The molecule has 0 aliphatic rings. The lowest BCUT2D eigenvalue weighted by Gasteiger charge is -2.11. The molecular formula is C44H48N2. The molecule has 0 radical (unpaired) electrons. The monoisotopic (exact) mass is 604 g/mol. The summed E-state index contributed by atoms with van der Waals surface area (Å²) in [6, 6.07) is 37.5. The average molecular weight is 605 g/mol. The van der Waals surface area contributed by atoms with Gasteiger partial charge in [-0.25, -0.2) is 0 Å². The van der Waals surface area contributed by atoms with Gasteiger partial charge in [0, 0.05) is 32.9 Å². The van der Waals surface area contributed by atoms with Crippen LogP contribution in [0.4, 0.5) is 0 Å². The fourth-order valence-electron chi connectivity index (χ4n) is 7.45. The molecule has 234 valence electrons. The van der Waals surface area contributed by atoms with Crippen molar-refractivity contribution in [2.75, 3.05) is 0 Å². The van der Waals surface area contributed by atoms with Crippen LogP contribution in [0.25, 0.3) is 55.0 Å². The molecule has 7 aromatic rings. The van der Waals surface area contributed by atoms with Crippen LogP contribution in [-0.2, 0) is 12.8 Å². The summed E-state index contributed by atoms with van der Waals surface area (Å²) in [7, 11) is 0. The summed E-state index contributed by atoms with van der Waals surface area (Å²) in [6.07, 6.45) is 12.7. The number of aryl methyl sites for hydroxylation is 4. The highest BCUT2D eigenvalue weighted by Crippen LogP contribution is 2.40. The van der Waals surface area contributed by atoms with Crippen molar-refractivity contribution in [3.8, 4) is 11.4 Å². The summed E-state index contributed by atoms with van der Waals surface area (Å²) in [5.41, 5.74) is 13.0. The quantitative estimate of drug-likeness (QED) is 0.123. The molecule has 0 fully saturated rings. The van der Waals surface area contributed by atoms with E-state index in [0.717, 1.165) is 12.8 Å². The fraction of sp³-hybridized carbons (Fsp3) is 0.318. The first-order valence-electron chi connectivity index (χ1n) is 17.7. The summed E-state index contributed by atoms with van der Waals surface area (Å²) < 4.78 is 4.97. The predicted octanol–water partition coefficient (Wildman–Crippen LogP) is 12.7. The average Bonchev–Trinajstić information content (AvgIpc) is 3.56. The van der Waals surface area contributed by atoms with E-state index in [1.54, 1.807) is 0 Å². The van der Waals surface area contributed by atoms with Crippen molar-refractivity contribution in [1.82, 2.24) is 9.13 Å². The molecule has 0 bridgehead atoms. The van der Waals surface area contributed by atoms with Gasteiger partial charge in [-0.05, 0) is 111 Å². The van der Waals surface area contributed by atoms with Gasteiger partial charge in [-0.15, -0.1) is 0 Å². The van der Waals surface area contributed by atoms with Gasteiger partial charge in [0.1, 0.15) is 0 Å². The number of fused-ring (bicyclic) bond motifs is 6. The second-order valence-electron chi connectivity index (χ2n) is 13.6. The van der Waals surface area contributed by atoms with E-state index in [0.29, 0.717) is 0 Å². The first-order valence-corrected chi connectivity index (χ1v) is 17.7. The summed E-state index contributed by atoms with van der Waals surface area (Å²) in [4.78, 5) is 0. The molecule has 0 unspecified atom stereocenters. The minimum Gasteiger partial charge on any atom is -0.309 e. The molecule has 0 N–H and O–H groups in total. The Balaban J connectivity index is 1.38. The van der Waals surface area contributed by atoms with Crippen LogP contribution in [-0.4, -0.2) is 9.13 Å². The maximum atomic E-state index is 2.48. The van der Waals surface area contributed by atoms with E-state index in [1.807, 2.05) is 0 Å². The van der Waals surface area contributed by atoms with Crippen LogP contribution >= 0.6 is 0 Å². The van der Waals surface area contributed by atoms with E-state index in [9.17, 15) is 0 Å². The Morgan fingerprint density at radius 3 is 1.17 bits per heavy atom. The highest BCUT2D eigenvalue weighted by atomic mass is 15.0. The van der Waals surface area contributed by atoms with Crippen molar-refractivity contribution in [2.24, 2.45) is 0 Å². The third-order valence-electron chi connectivity index (χ3n) is 9.99. The number of unbranched alkanes of at least 4 members (excludes halogenated alkanes) is 6. The SMILES string of the molecule is CCCCCCc1ccc(-n2c3ccc(C)cc3c3cc4c(cc32)c2cc(C)ccc2n4-c2ccc(CCCCCC)cc2)cc1. The largest absolute Gasteiger partial charge is 0.309 e. The van der Waals surface area contributed by atoms with Gasteiger partial charge in [-0.1, -0.05) is 99.9 Å². The van der Waals surface area contributed by atoms with Gasteiger partial charge in [0.25, 0.3) is 0 Å².